The van der Waals surface area contributed by atoms with E-state index in [4.69, 9.17) is 5.26 Å². The third kappa shape index (κ3) is 2.02. The standard InChI is InChI=1S/C10H5F2NO/c11-9-4-7(2-1-3-14)5-10(12)8(9)6-13/h1-5H. The second-order valence-electron chi connectivity index (χ2n) is 2.47. The molecule has 14 heavy (non-hydrogen) atoms. The summed E-state index contributed by atoms with van der Waals surface area (Å²) in [5.41, 5.74) is -0.417. The third-order valence-electron chi connectivity index (χ3n) is 1.54. The lowest BCUT2D eigenvalue weighted by Crippen LogP contribution is -1.91. The summed E-state index contributed by atoms with van der Waals surface area (Å²) in [4.78, 5) is 9.94. The number of carbonyl (C=O) groups excluding carboxylic acids is 1. The zero-order valence-corrected chi connectivity index (χ0v) is 7.00. The number of allylic oxidation sites excluding steroid dienone is 1. The molecule has 0 radical (unpaired) electrons. The average Bonchev–Trinajstić information content (AvgIpc) is 2.14. The SMILES string of the molecule is N#Cc1c(F)cc(C=CC=O)cc1F. The van der Waals surface area contributed by atoms with Gasteiger partial charge in [-0.2, -0.15) is 5.26 Å². The van der Waals surface area contributed by atoms with Crippen LogP contribution in [0.4, 0.5) is 8.78 Å². The lowest BCUT2D eigenvalue weighted by molar-refractivity contribution is -0.104. The van der Waals surface area contributed by atoms with E-state index in [2.05, 4.69) is 0 Å². The number of hydrogen-bond donors (Lipinski definition) is 0. The number of benzene rings is 1. The molecule has 0 N–H and O–H groups in total. The van der Waals surface area contributed by atoms with Crippen LogP contribution in [0.25, 0.3) is 6.08 Å². The van der Waals surface area contributed by atoms with Gasteiger partial charge >= 0.3 is 0 Å². The highest BCUT2D eigenvalue weighted by Crippen LogP contribution is 2.15. The van der Waals surface area contributed by atoms with Crippen molar-refractivity contribution in [1.29, 1.82) is 5.26 Å². The predicted molar refractivity (Wildman–Crippen MR) is 46.2 cm³/mol. The van der Waals surface area contributed by atoms with Crippen molar-refractivity contribution in [2.75, 3.05) is 0 Å². The van der Waals surface area contributed by atoms with Crippen molar-refractivity contribution in [2.24, 2.45) is 0 Å². The van der Waals surface area contributed by atoms with Crippen LogP contribution in [-0.2, 0) is 4.79 Å². The molecule has 0 atom stereocenters. The van der Waals surface area contributed by atoms with Crippen molar-refractivity contribution in [1.82, 2.24) is 0 Å². The van der Waals surface area contributed by atoms with Crippen LogP contribution < -0.4 is 0 Å². The summed E-state index contributed by atoms with van der Waals surface area (Å²) in [7, 11) is 0. The first-order valence-corrected chi connectivity index (χ1v) is 3.70. The van der Waals surface area contributed by atoms with Crippen molar-refractivity contribution >= 4 is 12.4 Å². The fraction of sp³-hybridized carbons (Fsp3) is 0. The van der Waals surface area contributed by atoms with Crippen LogP contribution in [0.2, 0.25) is 0 Å². The fourth-order valence-corrected chi connectivity index (χ4v) is 0.946. The summed E-state index contributed by atoms with van der Waals surface area (Å²) in [6.45, 7) is 0. The summed E-state index contributed by atoms with van der Waals surface area (Å²) in [6, 6.07) is 3.38. The molecule has 0 amide bonds. The van der Waals surface area contributed by atoms with Gasteiger partial charge in [0, 0.05) is 0 Å². The van der Waals surface area contributed by atoms with E-state index in [0.29, 0.717) is 6.29 Å². The number of hydrogen-bond acceptors (Lipinski definition) is 2. The molecule has 0 aliphatic carbocycles. The Labute approximate surface area is 79.1 Å². The van der Waals surface area contributed by atoms with Gasteiger partial charge in [-0.05, 0) is 23.8 Å². The number of aldehydes is 1. The molecular formula is C10H5F2NO. The van der Waals surface area contributed by atoms with Gasteiger partial charge in [-0.25, -0.2) is 8.78 Å². The Morgan fingerprint density at radius 1 is 1.29 bits per heavy atom. The molecule has 70 valence electrons. The maximum atomic E-state index is 13.0. The summed E-state index contributed by atoms with van der Waals surface area (Å²) in [6.07, 6.45) is 2.86. The lowest BCUT2D eigenvalue weighted by Gasteiger charge is -1.97. The molecule has 4 heteroatoms. The molecule has 1 aromatic carbocycles. The molecule has 0 aromatic heterocycles. The second kappa shape index (κ2) is 4.28. The third-order valence-corrected chi connectivity index (χ3v) is 1.54. The number of nitrogens with zero attached hydrogens (tertiary/aromatic N) is 1. The largest absolute Gasteiger partial charge is 0.299 e. The van der Waals surface area contributed by atoms with E-state index in [-0.39, 0.29) is 5.56 Å². The quantitative estimate of drug-likeness (QED) is 0.532. The van der Waals surface area contributed by atoms with E-state index in [9.17, 15) is 13.6 Å². The van der Waals surface area contributed by atoms with E-state index in [1.807, 2.05) is 0 Å². The number of halogens is 2. The van der Waals surface area contributed by atoms with Gasteiger partial charge < -0.3 is 0 Å². The zero-order chi connectivity index (χ0) is 10.6. The molecule has 2 nitrogen and oxygen atoms in total. The van der Waals surface area contributed by atoms with Crippen LogP contribution in [-0.4, -0.2) is 6.29 Å². The minimum absolute atomic E-state index is 0.200. The van der Waals surface area contributed by atoms with Gasteiger partial charge in [0.05, 0.1) is 0 Å². The first-order valence-electron chi connectivity index (χ1n) is 3.70. The summed E-state index contributed by atoms with van der Waals surface area (Å²) in [5.74, 6) is -1.86. The van der Waals surface area contributed by atoms with E-state index < -0.39 is 17.2 Å². The predicted octanol–water partition coefficient (Wildman–Crippen LogP) is 2.05. The molecule has 0 saturated carbocycles. The van der Waals surface area contributed by atoms with Gasteiger partial charge in [0.15, 0.2) is 0 Å². The minimum atomic E-state index is -0.932. The van der Waals surface area contributed by atoms with Gasteiger partial charge in [0.25, 0.3) is 0 Å². The Morgan fingerprint density at radius 2 is 1.86 bits per heavy atom. The molecule has 1 rings (SSSR count). The van der Waals surface area contributed by atoms with E-state index in [1.165, 1.54) is 12.1 Å². The Kier molecular flexibility index (Phi) is 3.08. The summed E-state index contributed by atoms with van der Waals surface area (Å²) in [5, 5.41) is 8.36. The van der Waals surface area contributed by atoms with Crippen molar-refractivity contribution in [2.45, 2.75) is 0 Å². The van der Waals surface area contributed by atoms with Crippen molar-refractivity contribution < 1.29 is 13.6 Å². The molecule has 0 aliphatic rings. The van der Waals surface area contributed by atoms with Crippen molar-refractivity contribution in [3.8, 4) is 6.07 Å². The topological polar surface area (TPSA) is 40.9 Å². The van der Waals surface area contributed by atoms with Crippen LogP contribution in [0.3, 0.4) is 0 Å². The molecule has 0 heterocycles. The Bertz CT molecular complexity index is 409. The molecular weight excluding hydrogens is 188 g/mol. The first kappa shape index (κ1) is 10.1. The second-order valence-corrected chi connectivity index (χ2v) is 2.47. The van der Waals surface area contributed by atoms with Crippen LogP contribution >= 0.6 is 0 Å². The lowest BCUT2D eigenvalue weighted by atomic mass is 10.1. The maximum absolute atomic E-state index is 13.0. The van der Waals surface area contributed by atoms with Gasteiger partial charge in [0.1, 0.15) is 29.6 Å². The maximum Gasteiger partial charge on any atom is 0.144 e. The van der Waals surface area contributed by atoms with E-state index in [0.717, 1.165) is 18.2 Å². The van der Waals surface area contributed by atoms with E-state index in [1.54, 1.807) is 0 Å². The molecule has 0 aliphatic heterocycles. The molecule has 0 saturated heterocycles. The first-order chi connectivity index (χ1) is 6.69. The molecule has 0 spiro atoms. The van der Waals surface area contributed by atoms with E-state index >= 15 is 0 Å². The van der Waals surface area contributed by atoms with Crippen molar-refractivity contribution in [3.05, 3.63) is 41.0 Å². The molecule has 0 fully saturated rings. The average molecular weight is 193 g/mol. The van der Waals surface area contributed by atoms with Crippen molar-refractivity contribution in [3.63, 3.8) is 0 Å². The highest BCUT2D eigenvalue weighted by molar-refractivity contribution is 5.73. The monoisotopic (exact) mass is 193 g/mol. The van der Waals surface area contributed by atoms with Crippen LogP contribution in [0.1, 0.15) is 11.1 Å². The number of nitriles is 1. The van der Waals surface area contributed by atoms with Gasteiger partial charge in [-0.15, -0.1) is 0 Å². The highest BCUT2D eigenvalue weighted by atomic mass is 19.1. The number of rotatable bonds is 2. The van der Waals surface area contributed by atoms with Crippen LogP contribution in [0.5, 0.6) is 0 Å². The Balaban J connectivity index is 3.22. The molecule has 0 unspecified atom stereocenters. The van der Waals surface area contributed by atoms with Crippen LogP contribution in [0, 0.1) is 23.0 Å². The smallest absolute Gasteiger partial charge is 0.144 e. The Hall–Kier alpha value is -2.02. The van der Waals surface area contributed by atoms with Crippen LogP contribution in [0.15, 0.2) is 18.2 Å². The number of carbonyl (C=O) groups is 1. The molecule has 0 bridgehead atoms. The normalized spacial score (nSPS) is 10.1. The zero-order valence-electron chi connectivity index (χ0n) is 7.00. The Morgan fingerprint density at radius 3 is 2.29 bits per heavy atom. The van der Waals surface area contributed by atoms with Gasteiger partial charge in [-0.1, -0.05) is 6.08 Å². The van der Waals surface area contributed by atoms with Gasteiger partial charge in [0.2, 0.25) is 0 Å². The summed E-state index contributed by atoms with van der Waals surface area (Å²) < 4.78 is 25.9. The fourth-order valence-electron chi connectivity index (χ4n) is 0.946. The van der Waals surface area contributed by atoms with Gasteiger partial charge in [-0.3, -0.25) is 4.79 Å². The highest BCUT2D eigenvalue weighted by Gasteiger charge is 2.08. The molecule has 1 aromatic rings. The summed E-state index contributed by atoms with van der Waals surface area (Å²) >= 11 is 0. The minimum Gasteiger partial charge on any atom is -0.299 e.